The van der Waals surface area contributed by atoms with Crippen LogP contribution in [0.1, 0.15) is 18.1 Å². The predicted molar refractivity (Wildman–Crippen MR) is 90.7 cm³/mol. The molecule has 1 amide bonds. The lowest BCUT2D eigenvalue weighted by Gasteiger charge is -2.17. The van der Waals surface area contributed by atoms with Crippen LogP contribution in [0, 0.1) is 19.7 Å². The van der Waals surface area contributed by atoms with Gasteiger partial charge in [-0.1, -0.05) is 18.2 Å². The lowest BCUT2D eigenvalue weighted by atomic mass is 10.1. The molecule has 0 radical (unpaired) electrons. The number of para-hydroxylation sites is 1. The number of aryl methyl sites for hydroxylation is 2. The minimum absolute atomic E-state index is 0.101. The van der Waals surface area contributed by atoms with Crippen LogP contribution in [0.5, 0.6) is 0 Å². The van der Waals surface area contributed by atoms with Crippen LogP contribution in [0.4, 0.5) is 10.1 Å². The normalized spacial score (nSPS) is 12.7. The molecule has 2 N–H and O–H groups in total. The van der Waals surface area contributed by atoms with E-state index in [4.69, 9.17) is 0 Å². The van der Waals surface area contributed by atoms with Crippen LogP contribution in [0.3, 0.4) is 0 Å². The fraction of sp³-hybridized carbons (Fsp3) is 0.235. The minimum Gasteiger partial charge on any atom is -0.324 e. The lowest BCUT2D eigenvalue weighted by molar-refractivity contribution is -0.117. The number of carbonyl (C=O) groups excluding carboxylic acids is 1. The van der Waals surface area contributed by atoms with Crippen molar-refractivity contribution in [1.82, 2.24) is 4.72 Å². The second-order valence-electron chi connectivity index (χ2n) is 5.55. The van der Waals surface area contributed by atoms with Crippen molar-refractivity contribution < 1.29 is 17.6 Å². The van der Waals surface area contributed by atoms with Crippen LogP contribution in [-0.4, -0.2) is 20.4 Å². The Hall–Kier alpha value is -2.25. The molecule has 0 aliphatic heterocycles. The first-order valence-corrected chi connectivity index (χ1v) is 8.84. The highest BCUT2D eigenvalue weighted by molar-refractivity contribution is 7.89. The summed E-state index contributed by atoms with van der Waals surface area (Å²) in [4.78, 5) is 12.2. The molecule has 0 saturated heterocycles. The van der Waals surface area contributed by atoms with Gasteiger partial charge in [0.2, 0.25) is 15.9 Å². The molecule has 1 atom stereocenters. The summed E-state index contributed by atoms with van der Waals surface area (Å²) in [5.74, 6) is -1.01. The molecular weight excluding hydrogens is 331 g/mol. The minimum atomic E-state index is -3.91. The molecule has 2 rings (SSSR count). The highest BCUT2D eigenvalue weighted by Crippen LogP contribution is 2.19. The molecule has 0 heterocycles. The maximum Gasteiger partial charge on any atom is 0.242 e. The molecule has 0 aliphatic carbocycles. The van der Waals surface area contributed by atoms with Crippen molar-refractivity contribution >= 4 is 21.6 Å². The summed E-state index contributed by atoms with van der Waals surface area (Å²) in [5.41, 5.74) is 2.43. The summed E-state index contributed by atoms with van der Waals surface area (Å²) in [5, 5.41) is 2.74. The predicted octanol–water partition coefficient (Wildman–Crippen LogP) is 2.75. The number of nitrogens with one attached hydrogen (secondary N) is 2. The maximum absolute atomic E-state index is 12.9. The molecular formula is C17H19FN2O3S. The van der Waals surface area contributed by atoms with Gasteiger partial charge in [0.05, 0.1) is 10.9 Å². The van der Waals surface area contributed by atoms with E-state index in [1.54, 1.807) is 0 Å². The van der Waals surface area contributed by atoms with Crippen LogP contribution in [0.2, 0.25) is 0 Å². The molecule has 0 bridgehead atoms. The summed E-state index contributed by atoms with van der Waals surface area (Å²) >= 11 is 0. The summed E-state index contributed by atoms with van der Waals surface area (Å²) in [6.07, 6.45) is 0. The van der Waals surface area contributed by atoms with E-state index in [2.05, 4.69) is 10.0 Å². The highest BCUT2D eigenvalue weighted by Gasteiger charge is 2.22. The summed E-state index contributed by atoms with van der Waals surface area (Å²) < 4.78 is 39.7. The average Bonchev–Trinajstić information content (AvgIpc) is 2.51. The van der Waals surface area contributed by atoms with Gasteiger partial charge in [0.25, 0.3) is 0 Å². The summed E-state index contributed by atoms with van der Waals surface area (Å²) in [6.45, 7) is 5.16. The smallest absolute Gasteiger partial charge is 0.242 e. The second-order valence-corrected chi connectivity index (χ2v) is 7.27. The van der Waals surface area contributed by atoms with Gasteiger partial charge in [0.1, 0.15) is 5.82 Å². The van der Waals surface area contributed by atoms with Gasteiger partial charge >= 0.3 is 0 Å². The van der Waals surface area contributed by atoms with Gasteiger partial charge in [-0.05, 0) is 56.2 Å². The van der Waals surface area contributed by atoms with Crippen LogP contribution in [-0.2, 0) is 14.8 Å². The van der Waals surface area contributed by atoms with Crippen molar-refractivity contribution in [1.29, 1.82) is 0 Å². The van der Waals surface area contributed by atoms with Gasteiger partial charge in [-0.3, -0.25) is 4.79 Å². The number of carbonyl (C=O) groups is 1. The standard InChI is InChI=1S/C17H19FN2O3S/c1-11-5-4-6-12(2)16(11)19-17(21)13(3)20-24(22,23)15-9-7-14(18)8-10-15/h4-10,13,20H,1-3H3,(H,19,21). The lowest BCUT2D eigenvalue weighted by Crippen LogP contribution is -2.41. The van der Waals surface area contributed by atoms with Gasteiger partial charge in [0.15, 0.2) is 0 Å². The van der Waals surface area contributed by atoms with E-state index in [1.165, 1.54) is 6.92 Å². The molecule has 2 aromatic rings. The van der Waals surface area contributed by atoms with Crippen molar-refractivity contribution in [2.45, 2.75) is 31.7 Å². The number of anilines is 1. The third kappa shape index (κ3) is 4.18. The molecule has 7 heteroatoms. The second kappa shape index (κ2) is 7.11. The zero-order chi connectivity index (χ0) is 17.9. The quantitative estimate of drug-likeness (QED) is 0.871. The first-order valence-electron chi connectivity index (χ1n) is 7.35. The van der Waals surface area contributed by atoms with Gasteiger partial charge in [-0.15, -0.1) is 0 Å². The molecule has 0 saturated carbocycles. The zero-order valence-electron chi connectivity index (χ0n) is 13.6. The third-order valence-electron chi connectivity index (χ3n) is 3.58. The molecule has 128 valence electrons. The van der Waals surface area contributed by atoms with Gasteiger partial charge in [-0.2, -0.15) is 4.72 Å². The molecule has 24 heavy (non-hydrogen) atoms. The molecule has 0 fully saturated rings. The van der Waals surface area contributed by atoms with E-state index in [9.17, 15) is 17.6 Å². The maximum atomic E-state index is 12.9. The monoisotopic (exact) mass is 350 g/mol. The van der Waals surface area contributed by atoms with Crippen molar-refractivity contribution in [2.75, 3.05) is 5.32 Å². The van der Waals surface area contributed by atoms with Crippen LogP contribution >= 0.6 is 0 Å². The Balaban J connectivity index is 2.12. The Morgan fingerprint density at radius 3 is 2.12 bits per heavy atom. The van der Waals surface area contributed by atoms with Gasteiger partial charge in [-0.25, -0.2) is 12.8 Å². The molecule has 5 nitrogen and oxygen atoms in total. The molecule has 0 aliphatic rings. The van der Waals surface area contributed by atoms with E-state index >= 15 is 0 Å². The Morgan fingerprint density at radius 1 is 1.04 bits per heavy atom. The van der Waals surface area contributed by atoms with Crippen molar-refractivity contribution in [3.63, 3.8) is 0 Å². The van der Waals surface area contributed by atoms with Crippen LogP contribution < -0.4 is 10.0 Å². The number of halogens is 1. The van der Waals surface area contributed by atoms with Gasteiger partial charge in [0, 0.05) is 5.69 Å². The van der Waals surface area contributed by atoms with E-state index in [1.807, 2.05) is 32.0 Å². The van der Waals surface area contributed by atoms with E-state index < -0.39 is 27.8 Å². The van der Waals surface area contributed by atoms with E-state index in [0.717, 1.165) is 35.4 Å². The molecule has 1 unspecified atom stereocenters. The van der Waals surface area contributed by atoms with Crippen LogP contribution in [0.25, 0.3) is 0 Å². The average molecular weight is 350 g/mol. The SMILES string of the molecule is Cc1cccc(C)c1NC(=O)C(C)NS(=O)(=O)c1ccc(F)cc1. The van der Waals surface area contributed by atoms with E-state index in [-0.39, 0.29) is 4.90 Å². The van der Waals surface area contributed by atoms with Crippen LogP contribution in [0.15, 0.2) is 47.4 Å². The number of hydrogen-bond donors (Lipinski definition) is 2. The zero-order valence-corrected chi connectivity index (χ0v) is 14.4. The fourth-order valence-corrected chi connectivity index (χ4v) is 3.41. The molecule has 0 aromatic heterocycles. The molecule has 2 aromatic carbocycles. The topological polar surface area (TPSA) is 75.3 Å². The number of hydrogen-bond acceptors (Lipinski definition) is 3. The first kappa shape index (κ1) is 18.1. The Morgan fingerprint density at radius 2 is 1.58 bits per heavy atom. The first-order chi connectivity index (χ1) is 11.2. The number of rotatable bonds is 5. The Bertz CT molecular complexity index is 828. The Labute approximate surface area is 141 Å². The highest BCUT2D eigenvalue weighted by atomic mass is 32.2. The summed E-state index contributed by atoms with van der Waals surface area (Å²) in [7, 11) is -3.91. The van der Waals surface area contributed by atoms with Crippen molar-refractivity contribution in [3.05, 3.63) is 59.4 Å². The third-order valence-corrected chi connectivity index (χ3v) is 5.14. The number of sulfonamides is 1. The Kier molecular flexibility index (Phi) is 5.36. The fourth-order valence-electron chi connectivity index (χ4n) is 2.21. The van der Waals surface area contributed by atoms with Crippen molar-refractivity contribution in [3.8, 4) is 0 Å². The van der Waals surface area contributed by atoms with E-state index in [0.29, 0.717) is 5.69 Å². The van der Waals surface area contributed by atoms with Gasteiger partial charge < -0.3 is 5.32 Å². The number of amides is 1. The largest absolute Gasteiger partial charge is 0.324 e. The van der Waals surface area contributed by atoms with Crippen molar-refractivity contribution in [2.24, 2.45) is 0 Å². The number of benzene rings is 2. The summed E-state index contributed by atoms with van der Waals surface area (Å²) in [6, 6.07) is 9.00. The molecule has 0 spiro atoms.